The van der Waals surface area contributed by atoms with Crippen molar-refractivity contribution in [2.24, 2.45) is 5.41 Å². The summed E-state index contributed by atoms with van der Waals surface area (Å²) in [6.45, 7) is 0.332. The highest BCUT2D eigenvalue weighted by Gasteiger charge is 2.44. The van der Waals surface area contributed by atoms with Crippen LogP contribution in [-0.4, -0.2) is 55.1 Å². The highest BCUT2D eigenvalue weighted by molar-refractivity contribution is 5.95. The van der Waals surface area contributed by atoms with Crippen molar-refractivity contribution in [2.75, 3.05) is 26.8 Å². The Morgan fingerprint density at radius 1 is 1.28 bits per heavy atom. The fraction of sp³-hybridized carbons (Fsp3) is 0.500. The Kier molecular flexibility index (Phi) is 5.56. The summed E-state index contributed by atoms with van der Waals surface area (Å²) in [5.74, 6) is -1.91. The third-order valence-corrected chi connectivity index (χ3v) is 4.07. The number of rotatable bonds is 5. The minimum Gasteiger partial charge on any atom is -0.481 e. The van der Waals surface area contributed by atoms with E-state index in [0.29, 0.717) is 19.4 Å². The minimum absolute atomic E-state index is 0.0180. The molecule has 1 aromatic rings. The predicted molar refractivity (Wildman–Crippen MR) is 80.2 cm³/mol. The van der Waals surface area contributed by atoms with E-state index in [4.69, 9.17) is 4.74 Å². The average Bonchev–Trinajstić information content (AvgIpc) is 2.54. The van der Waals surface area contributed by atoms with Gasteiger partial charge in [0.2, 0.25) is 0 Å². The number of nitrogens with zero attached hydrogens (tertiary/aromatic N) is 1. The second kappa shape index (κ2) is 7.30. The third kappa shape index (κ3) is 4.62. The van der Waals surface area contributed by atoms with Gasteiger partial charge in [-0.15, -0.1) is 13.2 Å². The molecule has 1 fully saturated rings. The fourth-order valence-electron chi connectivity index (χ4n) is 2.92. The lowest BCUT2D eigenvalue weighted by molar-refractivity contribution is -0.274. The van der Waals surface area contributed by atoms with Gasteiger partial charge >= 0.3 is 12.3 Å². The van der Waals surface area contributed by atoms with Gasteiger partial charge in [0.15, 0.2) is 0 Å². The highest BCUT2D eigenvalue weighted by atomic mass is 19.4. The first-order valence-electron chi connectivity index (χ1n) is 7.54. The Balaban J connectivity index is 2.13. The van der Waals surface area contributed by atoms with Crippen LogP contribution in [0, 0.1) is 5.41 Å². The zero-order chi connectivity index (χ0) is 18.7. The molecule has 2 rings (SSSR count). The molecular weight excluding hydrogens is 343 g/mol. The number of methoxy groups -OCH3 is 1. The van der Waals surface area contributed by atoms with E-state index in [1.54, 1.807) is 0 Å². The van der Waals surface area contributed by atoms with E-state index in [9.17, 15) is 27.9 Å². The number of hydrogen-bond donors (Lipinski definition) is 1. The molecule has 0 radical (unpaired) electrons. The second-order valence-electron chi connectivity index (χ2n) is 5.92. The van der Waals surface area contributed by atoms with Crippen molar-refractivity contribution in [3.8, 4) is 5.75 Å². The van der Waals surface area contributed by atoms with Crippen LogP contribution in [0.2, 0.25) is 0 Å². The molecule has 1 unspecified atom stereocenters. The second-order valence-corrected chi connectivity index (χ2v) is 5.92. The van der Waals surface area contributed by atoms with Gasteiger partial charge in [-0.05, 0) is 37.1 Å². The van der Waals surface area contributed by atoms with Crippen LogP contribution in [0.4, 0.5) is 13.2 Å². The number of benzene rings is 1. The number of ether oxygens (including phenoxy) is 2. The monoisotopic (exact) mass is 361 g/mol. The largest absolute Gasteiger partial charge is 0.573 e. The number of alkyl halides is 3. The molecule has 138 valence electrons. The van der Waals surface area contributed by atoms with Gasteiger partial charge in [0.25, 0.3) is 5.91 Å². The quantitative estimate of drug-likeness (QED) is 0.872. The van der Waals surface area contributed by atoms with Gasteiger partial charge in [-0.3, -0.25) is 9.59 Å². The van der Waals surface area contributed by atoms with Gasteiger partial charge in [-0.2, -0.15) is 0 Å². The number of carbonyl (C=O) groups is 2. The van der Waals surface area contributed by atoms with E-state index in [-0.39, 0.29) is 18.7 Å². The molecule has 1 atom stereocenters. The summed E-state index contributed by atoms with van der Waals surface area (Å²) in [5, 5.41) is 9.49. The maximum Gasteiger partial charge on any atom is 0.573 e. The molecular formula is C16H18F3NO5. The van der Waals surface area contributed by atoms with Crippen molar-refractivity contribution in [2.45, 2.75) is 19.2 Å². The summed E-state index contributed by atoms with van der Waals surface area (Å²) in [6.07, 6.45) is -3.92. The zero-order valence-corrected chi connectivity index (χ0v) is 13.5. The van der Waals surface area contributed by atoms with Crippen molar-refractivity contribution in [3.63, 3.8) is 0 Å². The SMILES string of the molecule is COCC1(C(=O)O)CCCN(C(=O)c2ccc(OC(F)(F)F)cc2)C1. The van der Waals surface area contributed by atoms with Crippen LogP contribution in [0.25, 0.3) is 0 Å². The lowest BCUT2D eigenvalue weighted by atomic mass is 9.80. The Morgan fingerprint density at radius 3 is 2.44 bits per heavy atom. The number of amides is 1. The number of hydrogen-bond acceptors (Lipinski definition) is 4. The van der Waals surface area contributed by atoms with Crippen molar-refractivity contribution in [3.05, 3.63) is 29.8 Å². The van der Waals surface area contributed by atoms with E-state index >= 15 is 0 Å². The van der Waals surface area contributed by atoms with Gasteiger partial charge in [-0.25, -0.2) is 0 Å². The van der Waals surface area contributed by atoms with Crippen LogP contribution in [0.3, 0.4) is 0 Å². The molecule has 1 aliphatic heterocycles. The van der Waals surface area contributed by atoms with Crippen molar-refractivity contribution in [1.82, 2.24) is 4.90 Å². The smallest absolute Gasteiger partial charge is 0.481 e. The Bertz CT molecular complexity index is 628. The molecule has 9 heteroatoms. The highest BCUT2D eigenvalue weighted by Crippen LogP contribution is 2.32. The summed E-state index contributed by atoms with van der Waals surface area (Å²) in [7, 11) is 1.39. The molecule has 0 saturated carbocycles. The molecule has 0 bridgehead atoms. The number of piperidine rings is 1. The van der Waals surface area contributed by atoms with E-state index in [0.717, 1.165) is 12.1 Å². The maximum absolute atomic E-state index is 12.5. The van der Waals surface area contributed by atoms with Gasteiger partial charge in [-0.1, -0.05) is 0 Å². The normalized spacial score (nSPS) is 21.0. The van der Waals surface area contributed by atoms with Crippen molar-refractivity contribution >= 4 is 11.9 Å². The Labute approximate surface area is 142 Å². The topological polar surface area (TPSA) is 76.1 Å². The van der Waals surface area contributed by atoms with Gasteiger partial charge in [0, 0.05) is 25.8 Å². The molecule has 1 aliphatic rings. The summed E-state index contributed by atoms with van der Waals surface area (Å²) in [5.41, 5.74) is -1.02. The Morgan fingerprint density at radius 2 is 1.92 bits per heavy atom. The first-order valence-corrected chi connectivity index (χ1v) is 7.54. The summed E-state index contributed by atoms with van der Waals surface area (Å²) >= 11 is 0. The maximum atomic E-state index is 12.5. The first kappa shape index (κ1) is 19.0. The van der Waals surface area contributed by atoms with Crippen LogP contribution in [0.5, 0.6) is 5.75 Å². The lowest BCUT2D eigenvalue weighted by Gasteiger charge is -2.39. The molecule has 1 saturated heterocycles. The Hall–Kier alpha value is -2.29. The summed E-state index contributed by atoms with van der Waals surface area (Å²) < 4.78 is 45.2. The van der Waals surface area contributed by atoms with Gasteiger partial charge in [0.1, 0.15) is 11.2 Å². The molecule has 6 nitrogen and oxygen atoms in total. The molecule has 0 aromatic heterocycles. The molecule has 0 aliphatic carbocycles. The standard InChI is InChI=1S/C16H18F3NO5/c1-24-10-15(14(22)23)7-2-8-20(9-15)13(21)11-3-5-12(6-4-11)25-16(17,18)19/h3-6H,2,7-10H2,1H3,(H,22,23). The predicted octanol–water partition coefficient (Wildman–Crippen LogP) is 2.54. The van der Waals surface area contributed by atoms with Gasteiger partial charge in [0.05, 0.1) is 6.61 Å². The molecule has 1 heterocycles. The van der Waals surface area contributed by atoms with Crippen LogP contribution < -0.4 is 4.74 Å². The average molecular weight is 361 g/mol. The summed E-state index contributed by atoms with van der Waals surface area (Å²) in [6, 6.07) is 4.53. The third-order valence-electron chi connectivity index (χ3n) is 4.07. The molecule has 25 heavy (non-hydrogen) atoms. The lowest BCUT2D eigenvalue weighted by Crippen LogP contribution is -2.52. The molecule has 1 N–H and O–H groups in total. The minimum atomic E-state index is -4.81. The van der Waals surface area contributed by atoms with Gasteiger partial charge < -0.3 is 19.5 Å². The summed E-state index contributed by atoms with van der Waals surface area (Å²) in [4.78, 5) is 25.5. The van der Waals surface area contributed by atoms with Crippen molar-refractivity contribution < 1.29 is 37.3 Å². The molecule has 1 amide bonds. The van der Waals surface area contributed by atoms with E-state index in [1.807, 2.05) is 0 Å². The van der Waals surface area contributed by atoms with Crippen molar-refractivity contribution in [1.29, 1.82) is 0 Å². The van der Waals surface area contributed by atoms with E-state index in [2.05, 4.69) is 4.74 Å². The fourth-order valence-corrected chi connectivity index (χ4v) is 2.92. The zero-order valence-electron chi connectivity index (χ0n) is 13.5. The number of carbonyl (C=O) groups excluding carboxylic acids is 1. The van der Waals surface area contributed by atoms with Crippen LogP contribution in [0.1, 0.15) is 23.2 Å². The van der Waals surface area contributed by atoms with E-state index in [1.165, 1.54) is 24.1 Å². The van der Waals surface area contributed by atoms with Crippen LogP contribution in [-0.2, 0) is 9.53 Å². The van der Waals surface area contributed by atoms with Crippen LogP contribution in [0.15, 0.2) is 24.3 Å². The molecule has 1 aromatic carbocycles. The molecule has 0 spiro atoms. The van der Waals surface area contributed by atoms with E-state index < -0.39 is 29.4 Å². The number of halogens is 3. The number of aliphatic carboxylic acids is 1. The number of likely N-dealkylation sites (tertiary alicyclic amines) is 1. The number of carboxylic acid groups (broad SMARTS) is 1. The van der Waals surface area contributed by atoms with Crippen LogP contribution >= 0.6 is 0 Å². The number of carboxylic acids is 1. The first-order chi connectivity index (χ1) is 11.7.